The lowest BCUT2D eigenvalue weighted by Gasteiger charge is -2.19. The van der Waals surface area contributed by atoms with Crippen LogP contribution in [0, 0.1) is 0 Å². The molecule has 1 aliphatic carbocycles. The van der Waals surface area contributed by atoms with Gasteiger partial charge in [-0.15, -0.1) is 0 Å². The van der Waals surface area contributed by atoms with E-state index in [1.165, 1.54) is 22.8 Å². The Hall–Kier alpha value is -2.89. The summed E-state index contributed by atoms with van der Waals surface area (Å²) in [5.74, 6) is 0.525. The molecule has 29 heavy (non-hydrogen) atoms. The molecule has 0 amide bonds. The molecule has 4 rings (SSSR count). The molecule has 0 atom stereocenters. The SMILES string of the molecule is CNCc1ccc2c(c1)CCC(n1ccc(OCc3ccc(Cl)cn3)cc1=O)=C2. The fraction of sp³-hybridized carbons (Fsp3) is 0.217. The highest BCUT2D eigenvalue weighted by atomic mass is 35.5. The molecule has 3 aromatic rings. The second-order valence-electron chi connectivity index (χ2n) is 7.03. The lowest BCUT2D eigenvalue weighted by molar-refractivity contribution is 0.300. The molecule has 5 nitrogen and oxygen atoms in total. The van der Waals surface area contributed by atoms with Crippen molar-refractivity contribution in [3.8, 4) is 5.75 Å². The van der Waals surface area contributed by atoms with E-state index < -0.39 is 0 Å². The van der Waals surface area contributed by atoms with Crippen LogP contribution in [0.25, 0.3) is 11.8 Å². The van der Waals surface area contributed by atoms with Crippen LogP contribution >= 0.6 is 11.6 Å². The minimum absolute atomic E-state index is 0.104. The average molecular weight is 408 g/mol. The summed E-state index contributed by atoms with van der Waals surface area (Å²) in [6, 6.07) is 13.4. The van der Waals surface area contributed by atoms with Crippen molar-refractivity contribution in [1.29, 1.82) is 0 Å². The zero-order valence-corrected chi connectivity index (χ0v) is 16.9. The number of aryl methyl sites for hydroxylation is 1. The summed E-state index contributed by atoms with van der Waals surface area (Å²) in [5, 5.41) is 3.76. The predicted molar refractivity (Wildman–Crippen MR) is 116 cm³/mol. The Balaban J connectivity index is 1.50. The summed E-state index contributed by atoms with van der Waals surface area (Å²) >= 11 is 5.84. The molecule has 1 aromatic carbocycles. The number of allylic oxidation sites excluding steroid dienone is 1. The number of ether oxygens (including phenoxy) is 1. The Morgan fingerprint density at radius 1 is 1.17 bits per heavy atom. The van der Waals surface area contributed by atoms with Gasteiger partial charge in [0.1, 0.15) is 12.4 Å². The predicted octanol–water partition coefficient (Wildman–Crippen LogP) is 4.14. The van der Waals surface area contributed by atoms with Gasteiger partial charge in [0.2, 0.25) is 0 Å². The van der Waals surface area contributed by atoms with Crippen molar-refractivity contribution >= 4 is 23.4 Å². The van der Waals surface area contributed by atoms with Gasteiger partial charge in [0.15, 0.2) is 0 Å². The summed E-state index contributed by atoms with van der Waals surface area (Å²) in [4.78, 5) is 16.8. The minimum atomic E-state index is -0.104. The van der Waals surface area contributed by atoms with E-state index in [1.54, 1.807) is 29.1 Å². The van der Waals surface area contributed by atoms with Crippen LogP contribution in [-0.4, -0.2) is 16.6 Å². The summed E-state index contributed by atoms with van der Waals surface area (Å²) < 4.78 is 7.40. The van der Waals surface area contributed by atoms with Gasteiger partial charge >= 0.3 is 0 Å². The van der Waals surface area contributed by atoms with Crippen molar-refractivity contribution in [2.45, 2.75) is 26.0 Å². The average Bonchev–Trinajstić information content (AvgIpc) is 2.73. The van der Waals surface area contributed by atoms with Crippen LogP contribution in [0.3, 0.4) is 0 Å². The second kappa shape index (κ2) is 8.64. The molecule has 0 bridgehead atoms. The first kappa shape index (κ1) is 19.4. The van der Waals surface area contributed by atoms with Gasteiger partial charge in [0, 0.05) is 30.7 Å². The third-order valence-electron chi connectivity index (χ3n) is 4.94. The molecular formula is C23H22ClN3O2. The van der Waals surface area contributed by atoms with Gasteiger partial charge < -0.3 is 10.1 Å². The summed E-state index contributed by atoms with van der Waals surface area (Å²) in [5.41, 5.74) is 5.42. The van der Waals surface area contributed by atoms with E-state index in [2.05, 4.69) is 34.6 Å². The highest BCUT2D eigenvalue weighted by Gasteiger charge is 2.13. The van der Waals surface area contributed by atoms with E-state index in [-0.39, 0.29) is 12.2 Å². The first-order chi connectivity index (χ1) is 14.1. The first-order valence-corrected chi connectivity index (χ1v) is 9.93. The number of fused-ring (bicyclic) bond motifs is 1. The Labute approximate surface area is 174 Å². The molecule has 0 unspecified atom stereocenters. The van der Waals surface area contributed by atoms with Gasteiger partial charge in [-0.1, -0.05) is 29.8 Å². The molecule has 2 aromatic heterocycles. The van der Waals surface area contributed by atoms with E-state index in [4.69, 9.17) is 16.3 Å². The highest BCUT2D eigenvalue weighted by Crippen LogP contribution is 2.27. The third-order valence-corrected chi connectivity index (χ3v) is 5.16. The smallest absolute Gasteiger partial charge is 0.258 e. The maximum atomic E-state index is 12.6. The van der Waals surface area contributed by atoms with Crippen molar-refractivity contribution in [2.75, 3.05) is 7.05 Å². The molecule has 1 N–H and O–H groups in total. The highest BCUT2D eigenvalue weighted by molar-refractivity contribution is 6.30. The van der Waals surface area contributed by atoms with E-state index in [1.807, 2.05) is 13.1 Å². The fourth-order valence-electron chi connectivity index (χ4n) is 3.47. The van der Waals surface area contributed by atoms with Gasteiger partial charge in [0.05, 0.1) is 10.7 Å². The molecule has 0 saturated heterocycles. The molecule has 0 saturated carbocycles. The molecule has 0 spiro atoms. The van der Waals surface area contributed by atoms with Crippen LogP contribution in [0.2, 0.25) is 5.02 Å². The standard InChI is InChI=1S/C23H22ClN3O2/c1-25-13-16-2-3-18-11-21(7-4-17(18)10-16)27-9-8-22(12-23(27)28)29-15-20-6-5-19(24)14-26-20/h2-3,5-6,8-12,14,25H,4,7,13,15H2,1H3. The monoisotopic (exact) mass is 407 g/mol. The Kier molecular flexibility index (Phi) is 5.79. The molecule has 0 fully saturated rings. The quantitative estimate of drug-likeness (QED) is 0.667. The topological polar surface area (TPSA) is 56.1 Å². The molecule has 2 heterocycles. The zero-order chi connectivity index (χ0) is 20.2. The van der Waals surface area contributed by atoms with Gasteiger partial charge in [0.25, 0.3) is 5.56 Å². The van der Waals surface area contributed by atoms with Gasteiger partial charge in [-0.3, -0.25) is 14.3 Å². The van der Waals surface area contributed by atoms with Crippen LogP contribution in [0.5, 0.6) is 5.75 Å². The maximum absolute atomic E-state index is 12.6. The van der Waals surface area contributed by atoms with E-state index >= 15 is 0 Å². The van der Waals surface area contributed by atoms with Crippen LogP contribution in [0.4, 0.5) is 0 Å². The maximum Gasteiger partial charge on any atom is 0.258 e. The molecule has 6 heteroatoms. The molecule has 1 aliphatic rings. The van der Waals surface area contributed by atoms with Crippen LogP contribution in [-0.2, 0) is 19.6 Å². The number of rotatable bonds is 6. The molecule has 148 valence electrons. The lowest BCUT2D eigenvalue weighted by atomic mass is 9.93. The third kappa shape index (κ3) is 4.58. The van der Waals surface area contributed by atoms with Crippen molar-refractivity contribution in [1.82, 2.24) is 14.9 Å². The van der Waals surface area contributed by atoms with Crippen LogP contribution < -0.4 is 15.6 Å². The van der Waals surface area contributed by atoms with Crippen molar-refractivity contribution in [3.63, 3.8) is 0 Å². The van der Waals surface area contributed by atoms with Gasteiger partial charge in [-0.2, -0.15) is 0 Å². The summed E-state index contributed by atoms with van der Waals surface area (Å²) in [7, 11) is 1.95. The number of aromatic nitrogens is 2. The van der Waals surface area contributed by atoms with E-state index in [0.717, 1.165) is 30.8 Å². The second-order valence-corrected chi connectivity index (χ2v) is 7.46. The summed E-state index contributed by atoms with van der Waals surface area (Å²) in [6.45, 7) is 1.14. The van der Waals surface area contributed by atoms with E-state index in [9.17, 15) is 4.79 Å². The Morgan fingerprint density at radius 3 is 2.83 bits per heavy atom. The fourth-order valence-corrected chi connectivity index (χ4v) is 3.58. The lowest BCUT2D eigenvalue weighted by Crippen LogP contribution is -2.19. The van der Waals surface area contributed by atoms with Crippen molar-refractivity contribution < 1.29 is 4.74 Å². The van der Waals surface area contributed by atoms with Gasteiger partial charge in [-0.25, -0.2) is 0 Å². The first-order valence-electron chi connectivity index (χ1n) is 9.55. The van der Waals surface area contributed by atoms with Gasteiger partial charge in [-0.05, 0) is 60.9 Å². The van der Waals surface area contributed by atoms with Crippen molar-refractivity contribution in [2.24, 2.45) is 0 Å². The molecule has 0 aliphatic heterocycles. The number of nitrogens with zero attached hydrogens (tertiary/aromatic N) is 2. The number of pyridine rings is 2. The normalized spacial score (nSPS) is 13.0. The van der Waals surface area contributed by atoms with Crippen LogP contribution in [0.15, 0.2) is 59.7 Å². The number of hydrogen-bond donors (Lipinski definition) is 1. The summed E-state index contributed by atoms with van der Waals surface area (Å²) in [6.07, 6.45) is 7.20. The Morgan fingerprint density at radius 2 is 2.07 bits per heavy atom. The van der Waals surface area contributed by atoms with Crippen molar-refractivity contribution in [3.05, 3.63) is 92.6 Å². The molecular weight excluding hydrogens is 386 g/mol. The molecule has 0 radical (unpaired) electrons. The largest absolute Gasteiger partial charge is 0.487 e. The number of halogens is 1. The number of benzene rings is 1. The minimum Gasteiger partial charge on any atom is -0.487 e. The van der Waals surface area contributed by atoms with E-state index in [0.29, 0.717) is 10.8 Å². The van der Waals surface area contributed by atoms with Crippen LogP contribution in [0.1, 0.15) is 28.8 Å². The number of nitrogens with one attached hydrogen (secondary N) is 1. The Bertz CT molecular complexity index is 1100. The zero-order valence-electron chi connectivity index (χ0n) is 16.2. The number of hydrogen-bond acceptors (Lipinski definition) is 4.